The van der Waals surface area contributed by atoms with Crippen molar-refractivity contribution in [1.82, 2.24) is 5.32 Å². The van der Waals surface area contributed by atoms with Gasteiger partial charge >= 0.3 is 0 Å². The molecular weight excluding hydrogens is 232 g/mol. The van der Waals surface area contributed by atoms with Gasteiger partial charge in [-0.1, -0.05) is 30.3 Å². The van der Waals surface area contributed by atoms with Crippen molar-refractivity contribution in [2.24, 2.45) is 5.73 Å². The lowest BCUT2D eigenvalue weighted by Gasteiger charge is -2.17. The molecule has 0 radical (unpaired) electrons. The molecule has 0 aliphatic carbocycles. The van der Waals surface area contributed by atoms with Crippen molar-refractivity contribution in [3.63, 3.8) is 0 Å². The molecule has 1 aromatic rings. The molecule has 2 atom stereocenters. The summed E-state index contributed by atoms with van der Waals surface area (Å²) in [7, 11) is 0. The maximum atomic E-state index is 11.8. The van der Waals surface area contributed by atoms with Gasteiger partial charge in [-0.25, -0.2) is 0 Å². The van der Waals surface area contributed by atoms with Crippen LogP contribution in [0.1, 0.15) is 24.9 Å². The van der Waals surface area contributed by atoms with E-state index in [1.165, 1.54) is 0 Å². The van der Waals surface area contributed by atoms with Gasteiger partial charge in [0.1, 0.15) is 0 Å². The Morgan fingerprint density at radius 1 is 1.41 bits per heavy atom. The lowest BCUT2D eigenvalue weighted by atomic mass is 10.1. The van der Waals surface area contributed by atoms with Gasteiger partial charge in [-0.2, -0.15) is 11.8 Å². The number of carbonyl (C=O) groups excluding carboxylic acids is 1. The number of carbonyl (C=O) groups is 1. The Hall–Kier alpha value is -1.00. The molecule has 0 aliphatic heterocycles. The minimum Gasteiger partial charge on any atom is -0.348 e. The molecular formula is C13H20N2OS. The first-order chi connectivity index (χ1) is 8.15. The normalized spacial score (nSPS) is 14.1. The summed E-state index contributed by atoms with van der Waals surface area (Å²) in [4.78, 5) is 11.8. The van der Waals surface area contributed by atoms with Crippen LogP contribution in [0.3, 0.4) is 0 Å². The standard InChI is InChI=1S/C13H20N2OS/c1-10(11-6-4-3-5-7-11)15-13(16)12(14)8-9-17-2/h3-7,10,12H,8-9,14H2,1-2H3,(H,15,16)/t10-,12+/m1/s1. The van der Waals surface area contributed by atoms with E-state index < -0.39 is 6.04 Å². The monoisotopic (exact) mass is 252 g/mol. The van der Waals surface area contributed by atoms with Crippen molar-refractivity contribution in [3.05, 3.63) is 35.9 Å². The second-order valence-electron chi connectivity index (χ2n) is 4.03. The first-order valence-corrected chi connectivity index (χ1v) is 7.14. The highest BCUT2D eigenvalue weighted by Gasteiger charge is 2.15. The Balaban J connectivity index is 2.46. The van der Waals surface area contributed by atoms with Crippen LogP contribution in [-0.2, 0) is 4.79 Å². The Kier molecular flexibility index (Phi) is 6.08. The summed E-state index contributed by atoms with van der Waals surface area (Å²) < 4.78 is 0. The highest BCUT2D eigenvalue weighted by Crippen LogP contribution is 2.11. The van der Waals surface area contributed by atoms with Gasteiger partial charge in [0.25, 0.3) is 0 Å². The first kappa shape index (κ1) is 14.1. The Bertz CT molecular complexity index is 343. The van der Waals surface area contributed by atoms with Gasteiger partial charge in [0.05, 0.1) is 12.1 Å². The molecule has 17 heavy (non-hydrogen) atoms. The van der Waals surface area contributed by atoms with Crippen LogP contribution in [0.4, 0.5) is 0 Å². The van der Waals surface area contributed by atoms with E-state index in [9.17, 15) is 4.79 Å². The molecule has 0 fully saturated rings. The van der Waals surface area contributed by atoms with E-state index in [1.54, 1.807) is 11.8 Å². The van der Waals surface area contributed by atoms with E-state index in [0.29, 0.717) is 6.42 Å². The molecule has 0 saturated carbocycles. The molecule has 1 aromatic carbocycles. The molecule has 0 aliphatic rings. The second-order valence-corrected chi connectivity index (χ2v) is 5.01. The van der Waals surface area contributed by atoms with Crippen molar-refractivity contribution in [2.45, 2.75) is 25.4 Å². The van der Waals surface area contributed by atoms with Gasteiger partial charge in [0.15, 0.2) is 0 Å². The molecule has 0 saturated heterocycles. The first-order valence-electron chi connectivity index (χ1n) is 5.75. The number of rotatable bonds is 6. The molecule has 0 unspecified atom stereocenters. The zero-order valence-corrected chi connectivity index (χ0v) is 11.2. The van der Waals surface area contributed by atoms with Crippen molar-refractivity contribution >= 4 is 17.7 Å². The maximum absolute atomic E-state index is 11.8. The fourth-order valence-corrected chi connectivity index (χ4v) is 2.01. The molecule has 0 aromatic heterocycles. The average Bonchev–Trinajstić information content (AvgIpc) is 2.36. The van der Waals surface area contributed by atoms with Crippen molar-refractivity contribution in [2.75, 3.05) is 12.0 Å². The van der Waals surface area contributed by atoms with E-state index in [0.717, 1.165) is 11.3 Å². The number of benzene rings is 1. The predicted octanol–water partition coefficient (Wildman–Crippen LogP) is 1.94. The smallest absolute Gasteiger partial charge is 0.237 e. The number of nitrogens with two attached hydrogens (primary N) is 1. The Morgan fingerprint density at radius 3 is 2.65 bits per heavy atom. The minimum atomic E-state index is -0.409. The SMILES string of the molecule is CSCC[C@H](N)C(=O)N[C@H](C)c1ccccc1. The van der Waals surface area contributed by atoms with Gasteiger partial charge in [0.2, 0.25) is 5.91 Å². The summed E-state index contributed by atoms with van der Waals surface area (Å²) in [6, 6.07) is 9.48. The summed E-state index contributed by atoms with van der Waals surface area (Å²) >= 11 is 1.70. The topological polar surface area (TPSA) is 55.1 Å². The third-order valence-corrected chi connectivity index (χ3v) is 3.27. The van der Waals surface area contributed by atoms with Crippen molar-refractivity contribution in [1.29, 1.82) is 0 Å². The number of amides is 1. The van der Waals surface area contributed by atoms with E-state index in [2.05, 4.69) is 5.32 Å². The van der Waals surface area contributed by atoms with Crippen LogP contribution in [0.15, 0.2) is 30.3 Å². The molecule has 94 valence electrons. The third kappa shape index (κ3) is 4.79. The molecule has 0 bridgehead atoms. The second kappa shape index (κ2) is 7.35. The van der Waals surface area contributed by atoms with Crippen molar-refractivity contribution in [3.8, 4) is 0 Å². The molecule has 3 N–H and O–H groups in total. The molecule has 1 rings (SSSR count). The van der Waals surface area contributed by atoms with Gasteiger partial charge in [0, 0.05) is 0 Å². The number of thioether (sulfide) groups is 1. The summed E-state index contributed by atoms with van der Waals surface area (Å²) in [6.45, 7) is 1.97. The lowest BCUT2D eigenvalue weighted by molar-refractivity contribution is -0.123. The van der Waals surface area contributed by atoms with E-state index >= 15 is 0 Å². The number of hydrogen-bond donors (Lipinski definition) is 2. The van der Waals surface area contributed by atoms with Crippen molar-refractivity contribution < 1.29 is 4.79 Å². The maximum Gasteiger partial charge on any atom is 0.237 e. The third-order valence-electron chi connectivity index (χ3n) is 2.63. The Labute approximate surface area is 107 Å². The summed E-state index contributed by atoms with van der Waals surface area (Å²) in [5.74, 6) is 0.837. The average molecular weight is 252 g/mol. The van der Waals surface area contributed by atoms with E-state index in [1.807, 2.05) is 43.5 Å². The van der Waals surface area contributed by atoms with Gasteiger partial charge < -0.3 is 11.1 Å². The van der Waals surface area contributed by atoms with Gasteiger partial charge in [-0.3, -0.25) is 4.79 Å². The van der Waals surface area contributed by atoms with Gasteiger partial charge in [-0.15, -0.1) is 0 Å². The number of hydrogen-bond acceptors (Lipinski definition) is 3. The lowest BCUT2D eigenvalue weighted by Crippen LogP contribution is -2.41. The highest BCUT2D eigenvalue weighted by molar-refractivity contribution is 7.98. The largest absolute Gasteiger partial charge is 0.348 e. The Morgan fingerprint density at radius 2 is 2.06 bits per heavy atom. The highest BCUT2D eigenvalue weighted by atomic mass is 32.2. The summed E-state index contributed by atoms with van der Waals surface area (Å²) in [5, 5.41) is 2.93. The minimum absolute atomic E-state index is 0.00373. The van der Waals surface area contributed by atoms with Crippen LogP contribution in [0.25, 0.3) is 0 Å². The van der Waals surface area contributed by atoms with E-state index in [-0.39, 0.29) is 11.9 Å². The summed E-state index contributed by atoms with van der Waals surface area (Å²) in [5.41, 5.74) is 6.90. The molecule has 3 nitrogen and oxygen atoms in total. The number of nitrogens with one attached hydrogen (secondary N) is 1. The van der Waals surface area contributed by atoms with E-state index in [4.69, 9.17) is 5.73 Å². The predicted molar refractivity (Wildman–Crippen MR) is 74.0 cm³/mol. The van der Waals surface area contributed by atoms with Crippen LogP contribution in [0.2, 0.25) is 0 Å². The fourth-order valence-electron chi connectivity index (χ4n) is 1.52. The van der Waals surface area contributed by atoms with Crippen LogP contribution in [-0.4, -0.2) is 24.0 Å². The molecule has 1 amide bonds. The van der Waals surface area contributed by atoms with Crippen LogP contribution >= 0.6 is 11.8 Å². The zero-order chi connectivity index (χ0) is 12.7. The van der Waals surface area contributed by atoms with Gasteiger partial charge in [-0.05, 0) is 30.9 Å². The quantitative estimate of drug-likeness (QED) is 0.813. The molecule has 4 heteroatoms. The molecule has 0 heterocycles. The van der Waals surface area contributed by atoms with Crippen LogP contribution in [0.5, 0.6) is 0 Å². The van der Waals surface area contributed by atoms with Crippen LogP contribution in [0, 0.1) is 0 Å². The fraction of sp³-hybridized carbons (Fsp3) is 0.462. The summed E-state index contributed by atoms with van der Waals surface area (Å²) in [6.07, 6.45) is 2.73. The zero-order valence-electron chi connectivity index (χ0n) is 10.3. The van der Waals surface area contributed by atoms with Crippen LogP contribution < -0.4 is 11.1 Å². The molecule has 0 spiro atoms.